The molecule has 1 fully saturated rings. The second-order valence-corrected chi connectivity index (χ2v) is 11.4. The van der Waals surface area contributed by atoms with Crippen LogP contribution in [-0.2, 0) is 15.9 Å². The summed E-state index contributed by atoms with van der Waals surface area (Å²) in [5, 5.41) is 2.36. The third-order valence-corrected chi connectivity index (χ3v) is 7.37. The Morgan fingerprint density at radius 2 is 1.89 bits per heavy atom. The molecule has 1 aliphatic heterocycles. The first-order chi connectivity index (χ1) is 17.1. The standard InChI is InChI=1S/C24H22ClF5N4O2S/c1-37(31,36)21-12-16(3-6-32-21)33-22(35)15-9-14-10-19(25)18(24(28,29)30)13-17(14)20(11-15)34-7-2-4-23(26,27)5-8-34/h3,6,9-13,31H,2,4-5,7-8H2,1H3,(H,32,33,35). The topological polar surface area (TPSA) is 86.2 Å². The van der Waals surface area contributed by atoms with Crippen LogP contribution in [0, 0.1) is 4.78 Å². The van der Waals surface area contributed by atoms with E-state index in [2.05, 4.69) is 10.3 Å². The Morgan fingerprint density at radius 3 is 2.57 bits per heavy atom. The van der Waals surface area contributed by atoms with E-state index in [-0.39, 0.29) is 58.7 Å². The molecule has 1 amide bonds. The first-order valence-corrected chi connectivity index (χ1v) is 13.5. The molecule has 1 saturated heterocycles. The molecule has 198 valence electrons. The number of fused-ring (bicyclic) bond motifs is 1. The van der Waals surface area contributed by atoms with Gasteiger partial charge in [0, 0.05) is 60.7 Å². The monoisotopic (exact) mass is 560 g/mol. The van der Waals surface area contributed by atoms with Gasteiger partial charge in [-0.05, 0) is 48.2 Å². The van der Waals surface area contributed by atoms with Crippen molar-refractivity contribution in [1.29, 1.82) is 4.78 Å². The number of aromatic nitrogens is 1. The van der Waals surface area contributed by atoms with Crippen molar-refractivity contribution in [3.05, 3.63) is 58.7 Å². The lowest BCUT2D eigenvalue weighted by molar-refractivity contribution is -0.137. The van der Waals surface area contributed by atoms with Crippen molar-refractivity contribution in [1.82, 2.24) is 4.98 Å². The maximum atomic E-state index is 14.0. The fourth-order valence-corrected chi connectivity index (χ4v) is 5.08. The van der Waals surface area contributed by atoms with Gasteiger partial charge in [0.05, 0.1) is 20.3 Å². The average Bonchev–Trinajstić information content (AvgIpc) is 2.97. The van der Waals surface area contributed by atoms with Crippen LogP contribution in [0.2, 0.25) is 5.02 Å². The van der Waals surface area contributed by atoms with E-state index in [0.29, 0.717) is 0 Å². The van der Waals surface area contributed by atoms with Crippen molar-refractivity contribution in [2.24, 2.45) is 0 Å². The molecule has 4 rings (SSSR count). The molecule has 0 bridgehead atoms. The Balaban J connectivity index is 1.81. The molecule has 13 heteroatoms. The minimum absolute atomic E-state index is 0.0403. The number of carbonyl (C=O) groups excluding carboxylic acids is 1. The van der Waals surface area contributed by atoms with E-state index in [4.69, 9.17) is 16.4 Å². The molecule has 0 radical (unpaired) electrons. The highest BCUT2D eigenvalue weighted by Gasteiger charge is 2.35. The fraction of sp³-hybridized carbons (Fsp3) is 0.333. The molecule has 0 aliphatic carbocycles. The molecular formula is C24H22ClF5N4O2S. The number of pyridine rings is 1. The van der Waals surface area contributed by atoms with Gasteiger partial charge in [-0.2, -0.15) is 13.2 Å². The molecule has 37 heavy (non-hydrogen) atoms. The van der Waals surface area contributed by atoms with Crippen LogP contribution < -0.4 is 10.2 Å². The van der Waals surface area contributed by atoms with E-state index in [9.17, 15) is 31.0 Å². The molecule has 1 aromatic heterocycles. The number of halogens is 6. The third-order valence-electron chi connectivity index (χ3n) is 6.04. The molecular weight excluding hydrogens is 539 g/mol. The van der Waals surface area contributed by atoms with E-state index in [1.54, 1.807) is 4.90 Å². The van der Waals surface area contributed by atoms with E-state index < -0.39 is 44.7 Å². The Bertz CT molecular complexity index is 1480. The highest BCUT2D eigenvalue weighted by molar-refractivity contribution is 7.91. The van der Waals surface area contributed by atoms with Gasteiger partial charge in [-0.15, -0.1) is 0 Å². The highest BCUT2D eigenvalue weighted by Crippen LogP contribution is 2.41. The summed E-state index contributed by atoms with van der Waals surface area (Å²) in [6.07, 6.45) is -2.98. The van der Waals surface area contributed by atoms with Gasteiger partial charge in [0.2, 0.25) is 5.92 Å². The first kappa shape index (κ1) is 27.1. The first-order valence-electron chi connectivity index (χ1n) is 11.1. The van der Waals surface area contributed by atoms with Gasteiger partial charge in [0.15, 0.2) is 0 Å². The van der Waals surface area contributed by atoms with Gasteiger partial charge in [0.1, 0.15) is 5.03 Å². The lowest BCUT2D eigenvalue weighted by Crippen LogP contribution is -2.26. The summed E-state index contributed by atoms with van der Waals surface area (Å²) in [7, 11) is -3.15. The minimum Gasteiger partial charge on any atom is -0.371 e. The molecule has 0 spiro atoms. The number of amides is 1. The Hall–Kier alpha value is -2.99. The second kappa shape index (κ2) is 9.71. The zero-order valence-electron chi connectivity index (χ0n) is 19.5. The highest BCUT2D eigenvalue weighted by atomic mass is 35.5. The van der Waals surface area contributed by atoms with Crippen molar-refractivity contribution >= 4 is 49.4 Å². The molecule has 1 unspecified atom stereocenters. The van der Waals surface area contributed by atoms with Crippen LogP contribution in [0.4, 0.5) is 33.3 Å². The smallest absolute Gasteiger partial charge is 0.371 e. The normalized spacial score (nSPS) is 17.8. The Kier molecular flexibility index (Phi) is 7.10. The SMILES string of the molecule is CS(=N)(=O)c1cc(NC(=O)c2cc(N3CCCC(F)(F)CC3)c3cc(C(F)(F)F)c(Cl)cc3c2)ccn1. The lowest BCUT2D eigenvalue weighted by Gasteiger charge is -2.26. The molecule has 6 nitrogen and oxygen atoms in total. The molecule has 0 saturated carbocycles. The Labute approximate surface area is 214 Å². The van der Waals surface area contributed by atoms with Crippen molar-refractivity contribution in [2.45, 2.75) is 36.4 Å². The van der Waals surface area contributed by atoms with E-state index in [1.807, 2.05) is 0 Å². The molecule has 3 aromatic rings. The fourth-order valence-electron chi connectivity index (χ4n) is 4.18. The lowest BCUT2D eigenvalue weighted by atomic mass is 10.00. The number of rotatable bonds is 4. The van der Waals surface area contributed by atoms with Crippen LogP contribution in [0.25, 0.3) is 10.8 Å². The van der Waals surface area contributed by atoms with Crippen LogP contribution in [-0.4, -0.2) is 40.4 Å². The number of carbonyl (C=O) groups is 1. The zero-order valence-corrected chi connectivity index (χ0v) is 21.0. The van der Waals surface area contributed by atoms with Crippen molar-refractivity contribution in [3.8, 4) is 0 Å². The summed E-state index contributed by atoms with van der Waals surface area (Å²) >= 11 is 5.93. The van der Waals surface area contributed by atoms with Gasteiger partial charge in [-0.3, -0.25) is 4.79 Å². The number of hydrogen-bond donors (Lipinski definition) is 2. The second-order valence-electron chi connectivity index (χ2n) is 8.92. The summed E-state index contributed by atoms with van der Waals surface area (Å²) in [5.74, 6) is -3.54. The summed E-state index contributed by atoms with van der Waals surface area (Å²) in [4.78, 5) is 18.6. The molecule has 1 atom stereocenters. The summed E-state index contributed by atoms with van der Waals surface area (Å²) < 4.78 is 88.5. The van der Waals surface area contributed by atoms with Crippen LogP contribution in [0.5, 0.6) is 0 Å². The van der Waals surface area contributed by atoms with Gasteiger partial charge >= 0.3 is 6.18 Å². The number of nitrogens with zero attached hydrogens (tertiary/aromatic N) is 2. The van der Waals surface area contributed by atoms with E-state index in [0.717, 1.165) is 12.1 Å². The van der Waals surface area contributed by atoms with Crippen molar-refractivity contribution in [2.75, 3.05) is 29.6 Å². The quantitative estimate of drug-likeness (QED) is 0.343. The van der Waals surface area contributed by atoms with Gasteiger partial charge in [-0.25, -0.2) is 22.8 Å². The number of hydrogen-bond acceptors (Lipinski definition) is 5. The predicted molar refractivity (Wildman–Crippen MR) is 132 cm³/mol. The Morgan fingerprint density at radius 1 is 1.16 bits per heavy atom. The van der Waals surface area contributed by atoms with Crippen molar-refractivity contribution < 1.29 is 31.0 Å². The van der Waals surface area contributed by atoms with Gasteiger partial charge in [-0.1, -0.05) is 11.6 Å². The van der Waals surface area contributed by atoms with E-state index in [1.165, 1.54) is 36.7 Å². The average molecular weight is 561 g/mol. The third kappa shape index (κ3) is 6.12. The minimum atomic E-state index is -4.74. The number of nitrogens with one attached hydrogen (secondary N) is 2. The van der Waals surface area contributed by atoms with Crippen LogP contribution in [0.1, 0.15) is 35.2 Å². The maximum absolute atomic E-state index is 14.0. The summed E-state index contributed by atoms with van der Waals surface area (Å²) in [5.41, 5.74) is -0.599. The van der Waals surface area contributed by atoms with Gasteiger partial charge < -0.3 is 10.2 Å². The zero-order chi connectivity index (χ0) is 27.2. The molecule has 2 heterocycles. The number of benzene rings is 2. The predicted octanol–water partition coefficient (Wildman–Crippen LogP) is 6.82. The van der Waals surface area contributed by atoms with Crippen molar-refractivity contribution in [3.63, 3.8) is 0 Å². The molecule has 2 aromatic carbocycles. The van der Waals surface area contributed by atoms with Crippen LogP contribution in [0.3, 0.4) is 0 Å². The van der Waals surface area contributed by atoms with Crippen LogP contribution in [0.15, 0.2) is 47.6 Å². The maximum Gasteiger partial charge on any atom is 0.417 e. The molecule has 2 N–H and O–H groups in total. The number of anilines is 2. The summed E-state index contributed by atoms with van der Waals surface area (Å²) in [6, 6.07) is 7.42. The largest absolute Gasteiger partial charge is 0.417 e. The van der Waals surface area contributed by atoms with Gasteiger partial charge in [0.25, 0.3) is 5.91 Å². The van der Waals surface area contributed by atoms with E-state index >= 15 is 0 Å². The number of alkyl halides is 5. The summed E-state index contributed by atoms with van der Waals surface area (Å²) in [6.45, 7) is 0.0566. The van der Waals surface area contributed by atoms with Crippen LogP contribution >= 0.6 is 11.6 Å². The molecule has 1 aliphatic rings.